The molecular weight excluding hydrogens is 220 g/mol. The summed E-state index contributed by atoms with van der Waals surface area (Å²) < 4.78 is 5.19. The highest BCUT2D eigenvalue weighted by Gasteiger charge is 2.13. The monoisotopic (exact) mass is 242 g/mol. The van der Waals surface area contributed by atoms with Crippen LogP contribution in [-0.4, -0.2) is 31.2 Å². The summed E-state index contributed by atoms with van der Waals surface area (Å²) in [6, 6.07) is 4.75. The zero-order valence-corrected chi connectivity index (χ0v) is 11.2. The van der Waals surface area contributed by atoms with Crippen LogP contribution in [0.15, 0.2) is 12.1 Å². The molecule has 0 fully saturated rings. The second-order valence-electron chi connectivity index (χ2n) is 3.94. The van der Waals surface area contributed by atoms with Crippen LogP contribution in [0.1, 0.15) is 23.6 Å². The van der Waals surface area contributed by atoms with E-state index in [2.05, 4.69) is 30.9 Å². The first-order chi connectivity index (χ1) is 7.71. The molecule has 3 nitrogen and oxygen atoms in total. The fraction of sp³-hybridized carbons (Fsp3) is 0.667. The highest BCUT2D eigenvalue weighted by molar-refractivity contribution is 7.11. The van der Waals surface area contributed by atoms with Gasteiger partial charge in [-0.25, -0.2) is 0 Å². The lowest BCUT2D eigenvalue weighted by Gasteiger charge is -2.26. The maximum atomic E-state index is 5.61. The number of hydrogen-bond donors (Lipinski definition) is 1. The fourth-order valence-electron chi connectivity index (χ4n) is 1.74. The molecule has 0 aliphatic rings. The number of nitrogens with two attached hydrogens (primary N) is 1. The number of rotatable bonds is 7. The third-order valence-electron chi connectivity index (χ3n) is 2.71. The number of methoxy groups -OCH3 is 1. The van der Waals surface area contributed by atoms with Crippen LogP contribution >= 0.6 is 11.3 Å². The van der Waals surface area contributed by atoms with Crippen molar-refractivity contribution < 1.29 is 4.74 Å². The van der Waals surface area contributed by atoms with Crippen LogP contribution in [0.5, 0.6) is 0 Å². The molecule has 1 aromatic rings. The summed E-state index contributed by atoms with van der Waals surface area (Å²) in [7, 11) is 1.75. The molecule has 2 N–H and O–H groups in total. The van der Waals surface area contributed by atoms with Crippen molar-refractivity contribution in [1.29, 1.82) is 0 Å². The minimum atomic E-state index is 0.457. The van der Waals surface area contributed by atoms with Crippen molar-refractivity contribution in [2.24, 2.45) is 5.73 Å². The summed E-state index contributed by atoms with van der Waals surface area (Å²) in [6.07, 6.45) is 0. The van der Waals surface area contributed by atoms with Gasteiger partial charge in [-0.3, -0.25) is 4.90 Å². The SMILES string of the molecule is CCN(Cc1ccc(CN)s1)C(C)COC. The van der Waals surface area contributed by atoms with Gasteiger partial charge in [0.2, 0.25) is 0 Å². The minimum Gasteiger partial charge on any atom is -0.383 e. The zero-order valence-electron chi connectivity index (χ0n) is 10.4. The predicted molar refractivity (Wildman–Crippen MR) is 69.6 cm³/mol. The van der Waals surface area contributed by atoms with Crippen molar-refractivity contribution in [3.8, 4) is 0 Å². The fourth-order valence-corrected chi connectivity index (χ4v) is 2.67. The first-order valence-corrected chi connectivity index (χ1v) is 6.53. The largest absolute Gasteiger partial charge is 0.383 e. The molecule has 4 heteroatoms. The summed E-state index contributed by atoms with van der Waals surface area (Å²) in [5.41, 5.74) is 5.61. The lowest BCUT2D eigenvalue weighted by molar-refractivity contribution is 0.0988. The Bertz CT molecular complexity index is 301. The topological polar surface area (TPSA) is 38.5 Å². The van der Waals surface area contributed by atoms with Crippen molar-refractivity contribution in [1.82, 2.24) is 4.90 Å². The van der Waals surface area contributed by atoms with Crippen LogP contribution in [-0.2, 0) is 17.8 Å². The van der Waals surface area contributed by atoms with E-state index in [9.17, 15) is 0 Å². The smallest absolute Gasteiger partial charge is 0.0615 e. The van der Waals surface area contributed by atoms with Gasteiger partial charge >= 0.3 is 0 Å². The van der Waals surface area contributed by atoms with Gasteiger partial charge in [0.15, 0.2) is 0 Å². The molecule has 0 amide bonds. The minimum absolute atomic E-state index is 0.457. The van der Waals surface area contributed by atoms with E-state index in [1.165, 1.54) is 9.75 Å². The van der Waals surface area contributed by atoms with Crippen LogP contribution in [0, 0.1) is 0 Å². The van der Waals surface area contributed by atoms with E-state index in [-0.39, 0.29) is 0 Å². The summed E-state index contributed by atoms with van der Waals surface area (Å²) in [5.74, 6) is 0. The molecule has 1 aromatic heterocycles. The quantitative estimate of drug-likeness (QED) is 0.795. The van der Waals surface area contributed by atoms with E-state index in [4.69, 9.17) is 10.5 Å². The maximum Gasteiger partial charge on any atom is 0.0615 e. The summed E-state index contributed by atoms with van der Waals surface area (Å²) in [5, 5.41) is 0. The average Bonchev–Trinajstić information content (AvgIpc) is 2.73. The predicted octanol–water partition coefficient (Wildman–Crippen LogP) is 2.06. The summed E-state index contributed by atoms with van der Waals surface area (Å²) in [6.45, 7) is 7.84. The number of ether oxygens (including phenoxy) is 1. The Kier molecular flexibility index (Phi) is 5.98. The van der Waals surface area contributed by atoms with Gasteiger partial charge in [-0.15, -0.1) is 11.3 Å². The van der Waals surface area contributed by atoms with Crippen LogP contribution in [0.2, 0.25) is 0 Å². The van der Waals surface area contributed by atoms with Crippen LogP contribution < -0.4 is 5.73 Å². The molecule has 0 aliphatic heterocycles. The third-order valence-corrected chi connectivity index (χ3v) is 3.81. The Balaban J connectivity index is 2.55. The van der Waals surface area contributed by atoms with Crippen molar-refractivity contribution in [3.63, 3.8) is 0 Å². The molecule has 0 spiro atoms. The highest BCUT2D eigenvalue weighted by atomic mass is 32.1. The lowest BCUT2D eigenvalue weighted by atomic mass is 10.3. The van der Waals surface area contributed by atoms with E-state index in [0.29, 0.717) is 12.6 Å². The lowest BCUT2D eigenvalue weighted by Crippen LogP contribution is -2.35. The molecule has 0 radical (unpaired) electrons. The van der Waals surface area contributed by atoms with Crippen molar-refractivity contribution >= 4 is 11.3 Å². The molecule has 0 saturated heterocycles. The molecular formula is C12H22N2OS. The molecule has 1 atom stereocenters. The van der Waals surface area contributed by atoms with Gasteiger partial charge in [0, 0.05) is 36.0 Å². The van der Waals surface area contributed by atoms with E-state index in [0.717, 1.165) is 19.7 Å². The molecule has 16 heavy (non-hydrogen) atoms. The molecule has 1 unspecified atom stereocenters. The second-order valence-corrected chi connectivity index (χ2v) is 5.19. The zero-order chi connectivity index (χ0) is 12.0. The molecule has 92 valence electrons. The number of nitrogens with zero attached hydrogens (tertiary/aromatic N) is 1. The first kappa shape index (κ1) is 13.6. The van der Waals surface area contributed by atoms with E-state index in [1.54, 1.807) is 18.4 Å². The van der Waals surface area contributed by atoms with Gasteiger partial charge in [-0.2, -0.15) is 0 Å². The third kappa shape index (κ3) is 3.87. The molecule has 1 heterocycles. The standard InChI is InChI=1S/C12H22N2OS/c1-4-14(10(2)9-15-3)8-12-6-5-11(7-13)16-12/h5-6,10H,4,7-9,13H2,1-3H3. The second kappa shape index (κ2) is 7.01. The molecule has 0 aromatic carbocycles. The van der Waals surface area contributed by atoms with Gasteiger partial charge in [-0.05, 0) is 25.6 Å². The Morgan fingerprint density at radius 1 is 1.44 bits per heavy atom. The maximum absolute atomic E-state index is 5.61. The van der Waals surface area contributed by atoms with Gasteiger partial charge in [0.25, 0.3) is 0 Å². The number of likely N-dealkylation sites (N-methyl/N-ethyl adjacent to an activating group) is 1. The summed E-state index contributed by atoms with van der Waals surface area (Å²) in [4.78, 5) is 5.05. The average molecular weight is 242 g/mol. The molecule has 1 rings (SSSR count). The Hall–Kier alpha value is -0.420. The first-order valence-electron chi connectivity index (χ1n) is 5.71. The van der Waals surface area contributed by atoms with Gasteiger partial charge < -0.3 is 10.5 Å². The molecule has 0 saturated carbocycles. The normalized spacial score (nSPS) is 13.3. The van der Waals surface area contributed by atoms with Crippen LogP contribution in [0.4, 0.5) is 0 Å². The molecule has 0 aliphatic carbocycles. The van der Waals surface area contributed by atoms with Crippen molar-refractivity contribution in [2.45, 2.75) is 33.0 Å². The van der Waals surface area contributed by atoms with Crippen LogP contribution in [0.3, 0.4) is 0 Å². The van der Waals surface area contributed by atoms with E-state index in [1.807, 2.05) is 0 Å². The van der Waals surface area contributed by atoms with Crippen molar-refractivity contribution in [3.05, 3.63) is 21.9 Å². The van der Waals surface area contributed by atoms with E-state index < -0.39 is 0 Å². The van der Waals surface area contributed by atoms with Gasteiger partial charge in [-0.1, -0.05) is 6.92 Å². The van der Waals surface area contributed by atoms with Crippen molar-refractivity contribution in [2.75, 3.05) is 20.3 Å². The number of hydrogen-bond acceptors (Lipinski definition) is 4. The Morgan fingerprint density at radius 2 is 2.12 bits per heavy atom. The number of thiophene rings is 1. The summed E-state index contributed by atoms with van der Waals surface area (Å²) >= 11 is 1.80. The highest BCUT2D eigenvalue weighted by Crippen LogP contribution is 2.18. The van der Waals surface area contributed by atoms with Crippen LogP contribution in [0.25, 0.3) is 0 Å². The van der Waals surface area contributed by atoms with E-state index >= 15 is 0 Å². The van der Waals surface area contributed by atoms with Gasteiger partial charge in [0.05, 0.1) is 6.61 Å². The Labute approximate surface area is 102 Å². The Morgan fingerprint density at radius 3 is 2.62 bits per heavy atom. The molecule has 0 bridgehead atoms. The van der Waals surface area contributed by atoms with Gasteiger partial charge in [0.1, 0.15) is 0 Å².